The number of benzene rings is 3. The maximum atomic E-state index is 12.7. The zero-order valence-corrected chi connectivity index (χ0v) is 18.9. The van der Waals surface area contributed by atoms with Gasteiger partial charge in [-0.05, 0) is 53.5 Å². The molecule has 0 atom stereocenters. The minimum absolute atomic E-state index is 0.0304. The third-order valence-electron chi connectivity index (χ3n) is 5.14. The molecular weight excluding hydrogens is 444 g/mol. The Hall–Kier alpha value is -3.69. The van der Waals surface area contributed by atoms with Gasteiger partial charge in [-0.3, -0.25) is 0 Å². The quantitative estimate of drug-likeness (QED) is 0.307. The van der Waals surface area contributed by atoms with Gasteiger partial charge in [0, 0.05) is 11.6 Å². The van der Waals surface area contributed by atoms with Crippen molar-refractivity contribution in [1.82, 2.24) is 10.3 Å². The van der Waals surface area contributed by atoms with Crippen LogP contribution in [0.2, 0.25) is 0 Å². The van der Waals surface area contributed by atoms with E-state index in [9.17, 15) is 18.6 Å². The zero-order chi connectivity index (χ0) is 23.6. The molecule has 0 unspecified atom stereocenters. The molecule has 1 aliphatic rings. The van der Waals surface area contributed by atoms with Gasteiger partial charge in [0.1, 0.15) is 11.5 Å². The van der Waals surface area contributed by atoms with E-state index in [-0.39, 0.29) is 34.8 Å². The van der Waals surface area contributed by atoms with E-state index in [2.05, 4.69) is 10.3 Å². The predicted molar refractivity (Wildman–Crippen MR) is 124 cm³/mol. The summed E-state index contributed by atoms with van der Waals surface area (Å²) in [4.78, 5) is 2.44. The van der Waals surface area contributed by atoms with Gasteiger partial charge >= 0.3 is 0 Å². The van der Waals surface area contributed by atoms with Crippen molar-refractivity contribution in [1.29, 1.82) is 0 Å². The summed E-state index contributed by atoms with van der Waals surface area (Å²) in [6.07, 6.45) is 1.66. The molecule has 172 valence electrons. The zero-order valence-electron chi connectivity index (χ0n) is 18.1. The standard InChI is InChI=1S/C24H24N2O6S/c1-15(2)18-12-19(22(28)13-21(18)27)20(10-16-8-9-23-24(11-16)32-14-31-23)25-26-33(29,30)17-6-4-3-5-7-17/h3-13,15,25-28H,14H2,1-2H3. The largest absolute Gasteiger partial charge is 0.508 e. The van der Waals surface area contributed by atoms with Gasteiger partial charge in [0.05, 0.1) is 10.6 Å². The Morgan fingerprint density at radius 2 is 1.70 bits per heavy atom. The molecule has 0 spiro atoms. The second-order valence-electron chi connectivity index (χ2n) is 7.80. The summed E-state index contributed by atoms with van der Waals surface area (Å²) in [6, 6.07) is 16.1. The maximum Gasteiger partial charge on any atom is 0.257 e. The first-order valence-corrected chi connectivity index (χ1v) is 11.7. The number of nitrogens with one attached hydrogen (secondary N) is 2. The molecule has 0 amide bonds. The summed E-state index contributed by atoms with van der Waals surface area (Å²) < 4.78 is 36.3. The van der Waals surface area contributed by atoms with Crippen LogP contribution in [-0.4, -0.2) is 25.4 Å². The number of hydrogen-bond donors (Lipinski definition) is 4. The molecule has 0 saturated carbocycles. The lowest BCUT2D eigenvalue weighted by Gasteiger charge is -2.17. The third kappa shape index (κ3) is 4.89. The van der Waals surface area contributed by atoms with Crippen molar-refractivity contribution < 1.29 is 28.1 Å². The highest BCUT2D eigenvalue weighted by Crippen LogP contribution is 2.37. The third-order valence-corrected chi connectivity index (χ3v) is 6.40. The van der Waals surface area contributed by atoms with Crippen molar-refractivity contribution in [2.75, 3.05) is 6.79 Å². The Morgan fingerprint density at radius 1 is 0.970 bits per heavy atom. The van der Waals surface area contributed by atoms with Crippen LogP contribution < -0.4 is 19.7 Å². The van der Waals surface area contributed by atoms with Crippen LogP contribution >= 0.6 is 0 Å². The van der Waals surface area contributed by atoms with Crippen molar-refractivity contribution in [3.05, 3.63) is 77.4 Å². The molecule has 8 nitrogen and oxygen atoms in total. The first-order valence-electron chi connectivity index (χ1n) is 10.2. The van der Waals surface area contributed by atoms with Crippen LogP contribution in [0.15, 0.2) is 65.6 Å². The monoisotopic (exact) mass is 468 g/mol. The van der Waals surface area contributed by atoms with Crippen molar-refractivity contribution in [3.63, 3.8) is 0 Å². The van der Waals surface area contributed by atoms with Crippen molar-refractivity contribution in [2.24, 2.45) is 0 Å². The van der Waals surface area contributed by atoms with Gasteiger partial charge in [-0.25, -0.2) is 8.42 Å². The molecule has 3 aromatic rings. The van der Waals surface area contributed by atoms with Crippen LogP contribution in [-0.2, 0) is 10.0 Å². The Bertz CT molecular complexity index is 1300. The van der Waals surface area contributed by atoms with Crippen LogP contribution in [0.1, 0.15) is 36.5 Å². The normalized spacial score (nSPS) is 13.4. The lowest BCUT2D eigenvalue weighted by molar-refractivity contribution is 0.174. The summed E-state index contributed by atoms with van der Waals surface area (Å²) in [5, 5.41) is 20.8. The highest BCUT2D eigenvalue weighted by Gasteiger charge is 2.19. The summed E-state index contributed by atoms with van der Waals surface area (Å²) in [6.45, 7) is 3.94. The summed E-state index contributed by atoms with van der Waals surface area (Å²) in [7, 11) is -3.89. The summed E-state index contributed by atoms with van der Waals surface area (Å²) in [5.41, 5.74) is 4.59. The highest BCUT2D eigenvalue weighted by molar-refractivity contribution is 7.89. The molecule has 0 aliphatic carbocycles. The van der Waals surface area contributed by atoms with Crippen molar-refractivity contribution in [2.45, 2.75) is 24.7 Å². The number of phenols is 2. The van der Waals surface area contributed by atoms with Gasteiger partial charge in [0.2, 0.25) is 6.79 Å². The number of ether oxygens (including phenoxy) is 2. The lowest BCUT2D eigenvalue weighted by atomic mass is 9.97. The lowest BCUT2D eigenvalue weighted by Crippen LogP contribution is -2.36. The second kappa shape index (κ2) is 9.05. The first kappa shape index (κ1) is 22.5. The molecule has 0 fully saturated rings. The van der Waals surface area contributed by atoms with E-state index in [4.69, 9.17) is 9.47 Å². The van der Waals surface area contributed by atoms with Crippen LogP contribution in [0.3, 0.4) is 0 Å². The van der Waals surface area contributed by atoms with Crippen LogP contribution in [0.4, 0.5) is 0 Å². The average molecular weight is 469 g/mol. The number of aromatic hydroxyl groups is 2. The van der Waals surface area contributed by atoms with E-state index in [0.29, 0.717) is 28.2 Å². The van der Waals surface area contributed by atoms with E-state index in [1.54, 1.807) is 48.5 Å². The van der Waals surface area contributed by atoms with Gasteiger partial charge in [-0.1, -0.05) is 38.1 Å². The topological polar surface area (TPSA) is 117 Å². The molecule has 4 rings (SSSR count). The molecular formula is C24H24N2O6S. The van der Waals surface area contributed by atoms with E-state index < -0.39 is 10.0 Å². The van der Waals surface area contributed by atoms with E-state index in [1.165, 1.54) is 18.2 Å². The number of fused-ring (bicyclic) bond motifs is 1. The molecule has 0 radical (unpaired) electrons. The van der Waals surface area contributed by atoms with Gasteiger partial charge < -0.3 is 25.1 Å². The minimum atomic E-state index is -3.89. The van der Waals surface area contributed by atoms with Crippen molar-refractivity contribution in [3.8, 4) is 23.0 Å². The SMILES string of the molecule is CC(C)c1cc(C(=Cc2ccc3c(c2)OCO3)NNS(=O)(=O)c2ccccc2)c(O)cc1O. The first-order chi connectivity index (χ1) is 15.7. The average Bonchev–Trinajstić information content (AvgIpc) is 3.25. The molecule has 0 bridgehead atoms. The molecule has 33 heavy (non-hydrogen) atoms. The number of phenolic OH excluding ortho intramolecular Hbond substituents is 2. The van der Waals surface area contributed by atoms with E-state index >= 15 is 0 Å². The fourth-order valence-electron chi connectivity index (χ4n) is 3.40. The molecule has 1 heterocycles. The maximum absolute atomic E-state index is 12.7. The molecule has 4 N–H and O–H groups in total. The van der Waals surface area contributed by atoms with Gasteiger partial charge in [0.15, 0.2) is 11.5 Å². The Morgan fingerprint density at radius 3 is 2.42 bits per heavy atom. The van der Waals surface area contributed by atoms with E-state index in [1.807, 2.05) is 13.8 Å². The Balaban J connectivity index is 1.75. The smallest absolute Gasteiger partial charge is 0.257 e. The fraction of sp³-hybridized carbons (Fsp3) is 0.167. The molecule has 0 aromatic heterocycles. The van der Waals surface area contributed by atoms with Gasteiger partial charge in [-0.2, -0.15) is 0 Å². The van der Waals surface area contributed by atoms with Crippen LogP contribution in [0.25, 0.3) is 11.8 Å². The van der Waals surface area contributed by atoms with Crippen LogP contribution in [0.5, 0.6) is 23.0 Å². The molecule has 9 heteroatoms. The van der Waals surface area contributed by atoms with Crippen molar-refractivity contribution >= 4 is 21.8 Å². The minimum Gasteiger partial charge on any atom is -0.508 e. The molecule has 0 saturated heterocycles. The second-order valence-corrected chi connectivity index (χ2v) is 9.48. The van der Waals surface area contributed by atoms with Crippen LogP contribution in [0, 0.1) is 0 Å². The van der Waals surface area contributed by atoms with Gasteiger partial charge in [0.25, 0.3) is 10.0 Å². The molecule has 3 aromatic carbocycles. The summed E-state index contributed by atoms with van der Waals surface area (Å²) in [5.74, 6) is 0.887. The number of sulfonamides is 1. The number of hydrogen-bond acceptors (Lipinski definition) is 7. The Kier molecular flexibility index (Phi) is 6.17. The van der Waals surface area contributed by atoms with Gasteiger partial charge in [-0.15, -0.1) is 4.83 Å². The highest BCUT2D eigenvalue weighted by atomic mass is 32.2. The fourth-order valence-corrected chi connectivity index (χ4v) is 4.28. The Labute approximate surface area is 192 Å². The predicted octanol–water partition coefficient (Wildman–Crippen LogP) is 3.93. The molecule has 1 aliphatic heterocycles. The number of rotatable bonds is 7. The number of hydrazine groups is 1. The summed E-state index contributed by atoms with van der Waals surface area (Å²) >= 11 is 0. The van der Waals surface area contributed by atoms with E-state index in [0.717, 1.165) is 0 Å².